The average Bonchev–Trinajstić information content (AvgIpc) is 2.60. The zero-order chi connectivity index (χ0) is 19.2. The number of benzene rings is 2. The third kappa shape index (κ3) is 5.29. The first-order valence-corrected chi connectivity index (χ1v) is 9.64. The van der Waals surface area contributed by atoms with Gasteiger partial charge in [-0.05, 0) is 29.8 Å². The van der Waals surface area contributed by atoms with E-state index in [2.05, 4.69) is 5.32 Å². The number of carbonyl (C=O) groups excluding carboxylic acids is 1. The fourth-order valence-electron chi connectivity index (χ4n) is 2.40. The fourth-order valence-corrected chi connectivity index (χ4v) is 3.34. The highest BCUT2D eigenvalue weighted by atomic mass is 32.2. The molecular weight excluding hydrogens is 357 g/mol. The molecule has 1 amide bonds. The van der Waals surface area contributed by atoms with Gasteiger partial charge in [0.25, 0.3) is 0 Å². The molecule has 0 bridgehead atoms. The molecule has 0 aliphatic heterocycles. The van der Waals surface area contributed by atoms with Crippen molar-refractivity contribution in [1.29, 1.82) is 5.26 Å². The van der Waals surface area contributed by atoms with Crippen molar-refractivity contribution in [3.63, 3.8) is 0 Å². The first kappa shape index (κ1) is 19.4. The van der Waals surface area contributed by atoms with Crippen molar-refractivity contribution in [2.75, 3.05) is 23.7 Å². The summed E-state index contributed by atoms with van der Waals surface area (Å²) in [5.41, 5.74) is 1.15. The van der Waals surface area contributed by atoms with Gasteiger partial charge < -0.3 is 5.32 Å². The molecule has 0 saturated heterocycles. The van der Waals surface area contributed by atoms with Gasteiger partial charge in [-0.2, -0.15) is 5.26 Å². The largest absolute Gasteiger partial charge is 0.354 e. The van der Waals surface area contributed by atoms with Crippen LogP contribution in [0.1, 0.15) is 11.1 Å². The molecule has 26 heavy (non-hydrogen) atoms. The monoisotopic (exact) mass is 375 g/mol. The second-order valence-corrected chi connectivity index (χ2v) is 7.52. The molecule has 2 rings (SSSR count). The lowest BCUT2D eigenvalue weighted by molar-refractivity contribution is -0.120. The molecule has 0 fully saturated rings. The molecular formula is C18H18FN3O3S. The Morgan fingerprint density at radius 2 is 1.85 bits per heavy atom. The van der Waals surface area contributed by atoms with Gasteiger partial charge in [-0.3, -0.25) is 9.10 Å². The van der Waals surface area contributed by atoms with Crippen LogP contribution in [-0.4, -0.2) is 33.7 Å². The van der Waals surface area contributed by atoms with Crippen molar-refractivity contribution in [2.45, 2.75) is 6.42 Å². The topological polar surface area (TPSA) is 90.3 Å². The number of anilines is 1. The SMILES string of the molecule is CS(=O)(=O)N(CCNC(=O)Cc1ccc(F)cc1)c1ccccc1C#N. The summed E-state index contributed by atoms with van der Waals surface area (Å²) in [5, 5.41) is 11.8. The minimum Gasteiger partial charge on any atom is -0.354 e. The number of rotatable bonds is 7. The van der Waals surface area contributed by atoms with E-state index in [1.165, 1.54) is 30.3 Å². The van der Waals surface area contributed by atoms with Crippen molar-refractivity contribution in [1.82, 2.24) is 5.32 Å². The number of nitrogens with one attached hydrogen (secondary N) is 1. The Morgan fingerprint density at radius 3 is 2.46 bits per heavy atom. The summed E-state index contributed by atoms with van der Waals surface area (Å²) in [4.78, 5) is 12.0. The summed E-state index contributed by atoms with van der Waals surface area (Å²) in [5.74, 6) is -0.687. The summed E-state index contributed by atoms with van der Waals surface area (Å²) in [6.45, 7) is 0.0690. The van der Waals surface area contributed by atoms with Crippen LogP contribution in [0.3, 0.4) is 0 Å². The van der Waals surface area contributed by atoms with E-state index >= 15 is 0 Å². The number of sulfonamides is 1. The van der Waals surface area contributed by atoms with Crippen LogP contribution >= 0.6 is 0 Å². The highest BCUT2D eigenvalue weighted by Gasteiger charge is 2.20. The van der Waals surface area contributed by atoms with Crippen LogP contribution in [-0.2, 0) is 21.2 Å². The van der Waals surface area contributed by atoms with Gasteiger partial charge in [0.05, 0.1) is 30.5 Å². The predicted octanol–water partition coefficient (Wildman–Crippen LogP) is 1.82. The Balaban J connectivity index is 2.01. The summed E-state index contributed by atoms with van der Waals surface area (Å²) in [6, 6.07) is 13.9. The smallest absolute Gasteiger partial charge is 0.232 e. The third-order valence-corrected chi connectivity index (χ3v) is 4.79. The lowest BCUT2D eigenvalue weighted by Gasteiger charge is -2.23. The Labute approximate surface area is 151 Å². The highest BCUT2D eigenvalue weighted by Crippen LogP contribution is 2.21. The quantitative estimate of drug-likeness (QED) is 0.799. The average molecular weight is 375 g/mol. The maximum atomic E-state index is 12.9. The van der Waals surface area contributed by atoms with Crippen LogP contribution < -0.4 is 9.62 Å². The molecule has 6 nitrogen and oxygen atoms in total. The van der Waals surface area contributed by atoms with Crippen LogP contribution in [0.2, 0.25) is 0 Å². The van der Waals surface area contributed by atoms with E-state index in [9.17, 15) is 17.6 Å². The van der Waals surface area contributed by atoms with Gasteiger partial charge in [0.15, 0.2) is 0 Å². The number of hydrogen-bond acceptors (Lipinski definition) is 4. The van der Waals surface area contributed by atoms with E-state index in [1.807, 2.05) is 6.07 Å². The molecule has 0 aliphatic rings. The van der Waals surface area contributed by atoms with Crippen molar-refractivity contribution in [3.8, 4) is 6.07 Å². The Hall–Kier alpha value is -2.92. The summed E-state index contributed by atoms with van der Waals surface area (Å²) in [6.07, 6.45) is 1.11. The number of carbonyl (C=O) groups is 1. The van der Waals surface area contributed by atoms with Crippen LogP contribution in [0.25, 0.3) is 0 Å². The van der Waals surface area contributed by atoms with Crippen LogP contribution in [0.4, 0.5) is 10.1 Å². The van der Waals surface area contributed by atoms with E-state index in [1.54, 1.807) is 18.2 Å². The molecule has 0 aromatic heterocycles. The number of hydrogen-bond donors (Lipinski definition) is 1. The van der Waals surface area contributed by atoms with E-state index in [4.69, 9.17) is 5.26 Å². The van der Waals surface area contributed by atoms with E-state index in [-0.39, 0.29) is 42.5 Å². The third-order valence-electron chi connectivity index (χ3n) is 3.61. The Kier molecular flexibility index (Phi) is 6.31. The van der Waals surface area contributed by atoms with Crippen LogP contribution in [0.5, 0.6) is 0 Å². The first-order chi connectivity index (χ1) is 12.3. The van der Waals surface area contributed by atoms with Gasteiger partial charge in [0, 0.05) is 6.54 Å². The molecule has 8 heteroatoms. The van der Waals surface area contributed by atoms with E-state index < -0.39 is 10.0 Å². The molecule has 0 spiro atoms. The minimum atomic E-state index is -3.62. The van der Waals surface area contributed by atoms with Crippen LogP contribution in [0.15, 0.2) is 48.5 Å². The van der Waals surface area contributed by atoms with Gasteiger partial charge in [-0.25, -0.2) is 12.8 Å². The number of nitrogens with zero attached hydrogens (tertiary/aromatic N) is 2. The van der Waals surface area contributed by atoms with Crippen molar-refractivity contribution < 1.29 is 17.6 Å². The van der Waals surface area contributed by atoms with Gasteiger partial charge in [-0.1, -0.05) is 24.3 Å². The van der Waals surface area contributed by atoms with Gasteiger partial charge >= 0.3 is 0 Å². The summed E-state index contributed by atoms with van der Waals surface area (Å²) in [7, 11) is -3.62. The Bertz CT molecular complexity index is 921. The standard InChI is InChI=1S/C18H18FN3O3S/c1-26(24,25)22(17-5-3-2-4-15(17)13-20)11-10-21-18(23)12-14-6-8-16(19)9-7-14/h2-9H,10-12H2,1H3,(H,21,23). The van der Waals surface area contributed by atoms with E-state index in [0.717, 1.165) is 10.6 Å². The Morgan fingerprint density at radius 1 is 1.19 bits per heavy atom. The molecule has 1 N–H and O–H groups in total. The van der Waals surface area contributed by atoms with Gasteiger partial charge in [-0.15, -0.1) is 0 Å². The number of nitriles is 1. The molecule has 2 aromatic carbocycles. The van der Waals surface area contributed by atoms with Crippen molar-refractivity contribution in [2.24, 2.45) is 0 Å². The molecule has 0 aliphatic carbocycles. The molecule has 136 valence electrons. The predicted molar refractivity (Wildman–Crippen MR) is 96.5 cm³/mol. The zero-order valence-electron chi connectivity index (χ0n) is 14.1. The number of halogens is 1. The number of para-hydroxylation sites is 1. The fraction of sp³-hybridized carbons (Fsp3) is 0.222. The molecule has 0 atom stereocenters. The molecule has 0 saturated carbocycles. The maximum absolute atomic E-state index is 12.9. The van der Waals surface area contributed by atoms with Crippen molar-refractivity contribution >= 4 is 21.6 Å². The van der Waals surface area contributed by atoms with Gasteiger partial charge in [0.1, 0.15) is 11.9 Å². The highest BCUT2D eigenvalue weighted by molar-refractivity contribution is 7.92. The zero-order valence-corrected chi connectivity index (χ0v) is 15.0. The lowest BCUT2D eigenvalue weighted by atomic mass is 10.1. The van der Waals surface area contributed by atoms with Gasteiger partial charge in [0.2, 0.25) is 15.9 Å². The summed E-state index contributed by atoms with van der Waals surface area (Å²) < 4.78 is 38.1. The second-order valence-electron chi connectivity index (χ2n) is 5.62. The molecule has 2 aromatic rings. The maximum Gasteiger partial charge on any atom is 0.232 e. The normalized spacial score (nSPS) is 10.8. The van der Waals surface area contributed by atoms with E-state index in [0.29, 0.717) is 5.56 Å². The summed E-state index contributed by atoms with van der Waals surface area (Å²) >= 11 is 0. The minimum absolute atomic E-state index is 0.00726. The molecule has 0 heterocycles. The van der Waals surface area contributed by atoms with Crippen molar-refractivity contribution in [3.05, 3.63) is 65.5 Å². The molecule has 0 unspecified atom stereocenters. The second kappa shape index (κ2) is 8.45. The first-order valence-electron chi connectivity index (χ1n) is 7.79. The van der Waals surface area contributed by atoms with Crippen LogP contribution in [0, 0.1) is 17.1 Å². The number of amides is 1. The molecule has 0 radical (unpaired) electrons. The lowest BCUT2D eigenvalue weighted by Crippen LogP contribution is -2.39.